The molecule has 10 heteroatoms. The van der Waals surface area contributed by atoms with Crippen molar-refractivity contribution in [1.82, 2.24) is 24.9 Å². The summed E-state index contributed by atoms with van der Waals surface area (Å²) in [6.07, 6.45) is 1.28. The molecule has 0 aromatic carbocycles. The number of rotatable bonds is 4. The summed E-state index contributed by atoms with van der Waals surface area (Å²) in [4.78, 5) is 37.1. The second-order valence-corrected chi connectivity index (χ2v) is 9.04. The highest BCUT2D eigenvalue weighted by molar-refractivity contribution is 5.91. The molecule has 2 aliphatic rings. The van der Waals surface area contributed by atoms with Gasteiger partial charge in [0.1, 0.15) is 5.60 Å². The predicted octanol–water partition coefficient (Wildman–Crippen LogP) is 1.17. The van der Waals surface area contributed by atoms with Gasteiger partial charge in [-0.05, 0) is 32.9 Å². The summed E-state index contributed by atoms with van der Waals surface area (Å²) < 4.78 is 10.7. The fourth-order valence-electron chi connectivity index (χ4n) is 3.82. The molecule has 2 saturated heterocycles. The van der Waals surface area contributed by atoms with Crippen molar-refractivity contribution in [1.29, 1.82) is 0 Å². The quantitative estimate of drug-likeness (QED) is 0.546. The number of hydrogen-bond acceptors (Lipinski definition) is 6. The molecular formula is C22H36N6O4. The van der Waals surface area contributed by atoms with Crippen molar-refractivity contribution in [2.45, 2.75) is 26.4 Å². The first-order chi connectivity index (χ1) is 15.3. The average molecular weight is 449 g/mol. The van der Waals surface area contributed by atoms with E-state index in [0.717, 1.165) is 45.2 Å². The molecule has 32 heavy (non-hydrogen) atoms. The zero-order chi connectivity index (χ0) is 23.1. The van der Waals surface area contributed by atoms with Crippen LogP contribution in [-0.2, 0) is 4.74 Å². The molecule has 3 heterocycles. The molecule has 1 N–H and O–H groups in total. The van der Waals surface area contributed by atoms with Crippen LogP contribution in [0, 0.1) is 0 Å². The first kappa shape index (κ1) is 23.9. The molecule has 0 atom stereocenters. The van der Waals surface area contributed by atoms with E-state index in [1.807, 2.05) is 25.7 Å². The second-order valence-electron chi connectivity index (χ2n) is 9.04. The third-order valence-electron chi connectivity index (χ3n) is 5.55. The van der Waals surface area contributed by atoms with Gasteiger partial charge < -0.3 is 29.2 Å². The van der Waals surface area contributed by atoms with E-state index in [1.54, 1.807) is 24.1 Å². The number of piperazine rings is 2. The fourth-order valence-corrected chi connectivity index (χ4v) is 3.82. The van der Waals surface area contributed by atoms with E-state index in [0.29, 0.717) is 31.9 Å². The van der Waals surface area contributed by atoms with Gasteiger partial charge in [0, 0.05) is 72.5 Å². The van der Waals surface area contributed by atoms with Gasteiger partial charge in [-0.25, -0.2) is 4.79 Å². The van der Waals surface area contributed by atoms with Crippen LogP contribution in [0.2, 0.25) is 0 Å². The number of carbonyl (C=O) groups is 2. The minimum absolute atomic E-state index is 0.0666. The lowest BCUT2D eigenvalue weighted by molar-refractivity contribution is 0.0147. The number of hydrogen-bond donors (Lipinski definition) is 1. The Morgan fingerprint density at radius 3 is 2.22 bits per heavy atom. The molecule has 0 aliphatic carbocycles. The summed E-state index contributed by atoms with van der Waals surface area (Å²) in [5.74, 6) is 1.17. The molecule has 2 amide bonds. The summed E-state index contributed by atoms with van der Waals surface area (Å²) in [5.41, 5.74) is -0.467. The van der Waals surface area contributed by atoms with Gasteiger partial charge in [-0.3, -0.25) is 14.7 Å². The van der Waals surface area contributed by atoms with Crippen LogP contribution in [0.15, 0.2) is 27.8 Å². The molecule has 1 aromatic heterocycles. The molecule has 0 unspecified atom stereocenters. The van der Waals surface area contributed by atoms with E-state index >= 15 is 0 Å². The fraction of sp³-hybridized carbons (Fsp3) is 0.682. The zero-order valence-electron chi connectivity index (χ0n) is 19.7. The summed E-state index contributed by atoms with van der Waals surface area (Å²) in [7, 11) is 1.78. The van der Waals surface area contributed by atoms with Gasteiger partial charge in [0.25, 0.3) is 5.91 Å². The SMILES string of the molecule is CN=C(NCCN1CCN(C(=O)OC(C)(C)C)CC1)N1CCN(C(=O)c2ccco2)CC1. The van der Waals surface area contributed by atoms with Crippen molar-refractivity contribution in [3.8, 4) is 0 Å². The predicted molar refractivity (Wildman–Crippen MR) is 122 cm³/mol. The lowest BCUT2D eigenvalue weighted by Gasteiger charge is -2.37. The van der Waals surface area contributed by atoms with Crippen molar-refractivity contribution >= 4 is 18.0 Å². The van der Waals surface area contributed by atoms with E-state index in [2.05, 4.69) is 20.1 Å². The monoisotopic (exact) mass is 448 g/mol. The number of aliphatic imine (C=N–C) groups is 1. The molecule has 0 bridgehead atoms. The van der Waals surface area contributed by atoms with E-state index < -0.39 is 5.60 Å². The van der Waals surface area contributed by atoms with Gasteiger partial charge in [-0.2, -0.15) is 0 Å². The molecular weight excluding hydrogens is 412 g/mol. The number of carbonyl (C=O) groups excluding carboxylic acids is 2. The van der Waals surface area contributed by atoms with E-state index in [1.165, 1.54) is 6.26 Å². The maximum atomic E-state index is 12.4. The standard InChI is InChI=1S/C22H36N6O4/c1-22(2,3)32-21(30)28-11-9-25(10-12-28)8-7-24-20(23-4)27-15-13-26(14-16-27)19(29)18-6-5-17-31-18/h5-6,17H,7-16H2,1-4H3,(H,23,24). The van der Waals surface area contributed by atoms with Crippen LogP contribution < -0.4 is 5.32 Å². The number of nitrogens with one attached hydrogen (secondary N) is 1. The molecule has 2 aliphatic heterocycles. The summed E-state index contributed by atoms with van der Waals surface area (Å²) >= 11 is 0. The van der Waals surface area contributed by atoms with E-state index in [4.69, 9.17) is 9.15 Å². The van der Waals surface area contributed by atoms with E-state index in [-0.39, 0.29) is 12.0 Å². The van der Waals surface area contributed by atoms with Crippen LogP contribution >= 0.6 is 0 Å². The van der Waals surface area contributed by atoms with Crippen LogP contribution in [0.5, 0.6) is 0 Å². The normalized spacial score (nSPS) is 18.6. The number of guanidine groups is 1. The highest BCUT2D eigenvalue weighted by Crippen LogP contribution is 2.12. The van der Waals surface area contributed by atoms with Crippen LogP contribution in [-0.4, -0.2) is 116 Å². The molecule has 10 nitrogen and oxygen atoms in total. The van der Waals surface area contributed by atoms with Gasteiger partial charge >= 0.3 is 6.09 Å². The Morgan fingerprint density at radius 1 is 1.03 bits per heavy atom. The van der Waals surface area contributed by atoms with Crippen LogP contribution in [0.4, 0.5) is 4.79 Å². The zero-order valence-corrected chi connectivity index (χ0v) is 19.7. The summed E-state index contributed by atoms with van der Waals surface area (Å²) in [6, 6.07) is 3.43. The Hall–Kier alpha value is -2.75. The lowest BCUT2D eigenvalue weighted by atomic mass is 10.2. The van der Waals surface area contributed by atoms with Crippen molar-refractivity contribution in [2.24, 2.45) is 4.99 Å². The molecule has 0 radical (unpaired) electrons. The number of ether oxygens (including phenoxy) is 1. The minimum atomic E-state index is -0.467. The molecule has 2 fully saturated rings. The van der Waals surface area contributed by atoms with Gasteiger partial charge in [0.2, 0.25) is 0 Å². The lowest BCUT2D eigenvalue weighted by Crippen LogP contribution is -2.55. The molecule has 0 saturated carbocycles. The first-order valence-corrected chi connectivity index (χ1v) is 11.3. The third-order valence-corrected chi connectivity index (χ3v) is 5.55. The van der Waals surface area contributed by atoms with Crippen LogP contribution in [0.3, 0.4) is 0 Å². The summed E-state index contributed by atoms with van der Waals surface area (Å²) in [6.45, 7) is 13.0. The van der Waals surface area contributed by atoms with Gasteiger partial charge in [0.05, 0.1) is 6.26 Å². The van der Waals surface area contributed by atoms with Crippen LogP contribution in [0.25, 0.3) is 0 Å². The Morgan fingerprint density at radius 2 is 1.66 bits per heavy atom. The largest absolute Gasteiger partial charge is 0.459 e. The van der Waals surface area contributed by atoms with Crippen molar-refractivity contribution in [3.63, 3.8) is 0 Å². The number of furan rings is 1. The van der Waals surface area contributed by atoms with Crippen molar-refractivity contribution in [2.75, 3.05) is 72.5 Å². The van der Waals surface area contributed by atoms with E-state index in [9.17, 15) is 9.59 Å². The summed E-state index contributed by atoms with van der Waals surface area (Å²) in [5, 5.41) is 3.43. The van der Waals surface area contributed by atoms with Crippen molar-refractivity contribution in [3.05, 3.63) is 24.2 Å². The Balaban J connectivity index is 1.35. The Labute approximate surface area is 190 Å². The molecule has 1 aromatic rings. The van der Waals surface area contributed by atoms with Gasteiger partial charge in [0.15, 0.2) is 11.7 Å². The highest BCUT2D eigenvalue weighted by Gasteiger charge is 2.27. The second kappa shape index (κ2) is 10.7. The molecule has 178 valence electrons. The maximum absolute atomic E-state index is 12.4. The first-order valence-electron chi connectivity index (χ1n) is 11.3. The van der Waals surface area contributed by atoms with Gasteiger partial charge in [-0.1, -0.05) is 0 Å². The molecule has 3 rings (SSSR count). The smallest absolute Gasteiger partial charge is 0.410 e. The minimum Gasteiger partial charge on any atom is -0.459 e. The molecule has 0 spiro atoms. The van der Waals surface area contributed by atoms with Crippen LogP contribution in [0.1, 0.15) is 31.3 Å². The van der Waals surface area contributed by atoms with Crippen molar-refractivity contribution < 1.29 is 18.7 Å². The third kappa shape index (κ3) is 6.62. The average Bonchev–Trinajstić information content (AvgIpc) is 3.31. The Kier molecular flexibility index (Phi) is 8.00. The number of amides is 2. The maximum Gasteiger partial charge on any atom is 0.410 e. The topological polar surface area (TPSA) is 93.9 Å². The van der Waals surface area contributed by atoms with Gasteiger partial charge in [-0.15, -0.1) is 0 Å². The highest BCUT2D eigenvalue weighted by atomic mass is 16.6. The number of nitrogens with zero attached hydrogens (tertiary/aromatic N) is 5. The Bertz CT molecular complexity index is 773.